The van der Waals surface area contributed by atoms with Crippen LogP contribution in [-0.2, 0) is 6.54 Å². The Kier molecular flexibility index (Phi) is 6.52. The molecule has 0 spiro atoms. The molecule has 0 aliphatic carbocycles. The lowest BCUT2D eigenvalue weighted by Gasteiger charge is -2.21. The van der Waals surface area contributed by atoms with Crippen LogP contribution in [0.4, 0.5) is 4.79 Å². The van der Waals surface area contributed by atoms with E-state index in [0.29, 0.717) is 6.54 Å². The van der Waals surface area contributed by atoms with Gasteiger partial charge in [-0.05, 0) is 41.0 Å². The first-order chi connectivity index (χ1) is 13.7. The molecule has 0 aromatic heterocycles. The molecule has 3 rings (SSSR count). The average molecular weight is 376 g/mol. The van der Waals surface area contributed by atoms with Crippen LogP contribution in [0.2, 0.25) is 0 Å². The Morgan fingerprint density at radius 2 is 1.29 bits per heavy atom. The number of amides is 2. The highest BCUT2D eigenvalue weighted by molar-refractivity contribution is 5.75. The molecule has 0 bridgehead atoms. The Morgan fingerprint density at radius 3 is 1.75 bits per heavy atom. The number of carbonyl (C=O) groups is 1. The van der Waals surface area contributed by atoms with Gasteiger partial charge in [-0.15, -0.1) is 0 Å². The van der Waals surface area contributed by atoms with Crippen molar-refractivity contribution < 1.29 is 14.3 Å². The Bertz CT molecular complexity index is 830. The number of benzene rings is 3. The number of carbonyl (C=O) groups excluding carboxylic acids is 1. The van der Waals surface area contributed by atoms with Crippen LogP contribution in [0.15, 0.2) is 78.9 Å². The number of ether oxygens (including phenoxy) is 2. The number of rotatable bonds is 7. The van der Waals surface area contributed by atoms with Gasteiger partial charge in [-0.25, -0.2) is 4.79 Å². The van der Waals surface area contributed by atoms with Gasteiger partial charge in [-0.2, -0.15) is 0 Å². The number of nitrogens with one attached hydrogen (secondary N) is 2. The molecule has 0 aliphatic rings. The van der Waals surface area contributed by atoms with Crippen LogP contribution in [0.1, 0.15) is 22.7 Å². The monoisotopic (exact) mass is 376 g/mol. The fraction of sp³-hybridized carbons (Fsp3) is 0.174. The molecule has 5 heteroatoms. The SMILES string of the molecule is COc1ccc(C(NC(=O)NCc2ccccc2)c2ccc(OC)cc2)cc1. The van der Waals surface area contributed by atoms with Crippen LogP contribution in [0, 0.1) is 0 Å². The lowest BCUT2D eigenvalue weighted by atomic mass is 9.98. The maximum Gasteiger partial charge on any atom is 0.315 e. The minimum absolute atomic E-state index is 0.236. The van der Waals surface area contributed by atoms with E-state index in [1.54, 1.807) is 14.2 Å². The van der Waals surface area contributed by atoms with E-state index in [-0.39, 0.29) is 12.1 Å². The van der Waals surface area contributed by atoms with Crippen molar-refractivity contribution in [2.24, 2.45) is 0 Å². The lowest BCUT2D eigenvalue weighted by molar-refractivity contribution is 0.238. The molecule has 2 amide bonds. The molecule has 0 saturated carbocycles. The summed E-state index contributed by atoms with van der Waals surface area (Å²) in [5.41, 5.74) is 2.96. The van der Waals surface area contributed by atoms with E-state index in [1.165, 1.54) is 0 Å². The summed E-state index contributed by atoms with van der Waals surface area (Å²) in [6.07, 6.45) is 0. The van der Waals surface area contributed by atoms with Crippen molar-refractivity contribution in [1.29, 1.82) is 0 Å². The zero-order valence-electron chi connectivity index (χ0n) is 16.0. The molecular weight excluding hydrogens is 352 g/mol. The lowest BCUT2D eigenvalue weighted by Crippen LogP contribution is -2.38. The van der Waals surface area contributed by atoms with Gasteiger partial charge in [0.15, 0.2) is 0 Å². The number of urea groups is 1. The molecule has 3 aromatic rings. The molecule has 0 atom stereocenters. The van der Waals surface area contributed by atoms with Crippen molar-refractivity contribution in [1.82, 2.24) is 10.6 Å². The number of hydrogen-bond acceptors (Lipinski definition) is 3. The molecule has 0 aliphatic heterocycles. The second-order valence-corrected chi connectivity index (χ2v) is 6.29. The molecule has 3 aromatic carbocycles. The number of hydrogen-bond donors (Lipinski definition) is 2. The normalized spacial score (nSPS) is 10.4. The third-order valence-corrected chi connectivity index (χ3v) is 4.47. The van der Waals surface area contributed by atoms with E-state index >= 15 is 0 Å². The predicted octanol–water partition coefficient (Wildman–Crippen LogP) is 4.29. The highest BCUT2D eigenvalue weighted by atomic mass is 16.5. The molecule has 28 heavy (non-hydrogen) atoms. The van der Waals surface area contributed by atoms with Gasteiger partial charge in [0, 0.05) is 6.54 Å². The summed E-state index contributed by atoms with van der Waals surface area (Å²) in [5, 5.41) is 5.98. The first-order valence-electron chi connectivity index (χ1n) is 9.06. The zero-order chi connectivity index (χ0) is 19.8. The highest BCUT2D eigenvalue weighted by Gasteiger charge is 2.17. The maximum absolute atomic E-state index is 12.5. The zero-order valence-corrected chi connectivity index (χ0v) is 16.0. The summed E-state index contributed by atoms with van der Waals surface area (Å²) < 4.78 is 10.5. The van der Waals surface area contributed by atoms with Gasteiger partial charge in [-0.1, -0.05) is 54.6 Å². The summed E-state index contributed by atoms with van der Waals surface area (Å²) >= 11 is 0. The summed E-state index contributed by atoms with van der Waals surface area (Å²) in [6.45, 7) is 0.463. The van der Waals surface area contributed by atoms with Crippen molar-refractivity contribution in [3.63, 3.8) is 0 Å². The standard InChI is InChI=1S/C23H24N2O3/c1-27-20-12-8-18(9-13-20)22(19-10-14-21(28-2)15-11-19)25-23(26)24-16-17-6-4-3-5-7-17/h3-15,22H,16H2,1-2H3,(H2,24,25,26). The third-order valence-electron chi connectivity index (χ3n) is 4.47. The maximum atomic E-state index is 12.5. The van der Waals surface area contributed by atoms with Crippen LogP contribution >= 0.6 is 0 Å². The molecule has 5 nitrogen and oxygen atoms in total. The van der Waals surface area contributed by atoms with Crippen LogP contribution in [0.25, 0.3) is 0 Å². The van der Waals surface area contributed by atoms with Crippen molar-refractivity contribution in [3.05, 3.63) is 95.6 Å². The highest BCUT2D eigenvalue weighted by Crippen LogP contribution is 2.25. The van der Waals surface area contributed by atoms with E-state index in [4.69, 9.17) is 9.47 Å². The van der Waals surface area contributed by atoms with Gasteiger partial charge in [0.25, 0.3) is 0 Å². The van der Waals surface area contributed by atoms with Gasteiger partial charge in [0.05, 0.1) is 20.3 Å². The molecule has 0 saturated heterocycles. The van der Waals surface area contributed by atoms with E-state index in [0.717, 1.165) is 28.2 Å². The van der Waals surface area contributed by atoms with Gasteiger partial charge >= 0.3 is 6.03 Å². The smallest absolute Gasteiger partial charge is 0.315 e. The fourth-order valence-electron chi connectivity index (χ4n) is 2.91. The van der Waals surface area contributed by atoms with Crippen LogP contribution < -0.4 is 20.1 Å². The van der Waals surface area contributed by atoms with E-state index in [2.05, 4.69) is 10.6 Å². The van der Waals surface area contributed by atoms with Crippen molar-refractivity contribution in [2.75, 3.05) is 14.2 Å². The molecule has 0 fully saturated rings. The summed E-state index contributed by atoms with van der Waals surface area (Å²) in [5.74, 6) is 1.54. The van der Waals surface area contributed by atoms with Crippen molar-refractivity contribution in [3.8, 4) is 11.5 Å². The first kappa shape index (κ1) is 19.3. The summed E-state index contributed by atoms with van der Waals surface area (Å²) in [7, 11) is 3.26. The third kappa shape index (κ3) is 5.04. The molecule has 2 N–H and O–H groups in total. The van der Waals surface area contributed by atoms with Gasteiger partial charge in [-0.3, -0.25) is 0 Å². The van der Waals surface area contributed by atoms with E-state index < -0.39 is 0 Å². The van der Waals surface area contributed by atoms with Crippen molar-refractivity contribution >= 4 is 6.03 Å². The molecular formula is C23H24N2O3. The fourth-order valence-corrected chi connectivity index (χ4v) is 2.91. The Balaban J connectivity index is 1.77. The Hall–Kier alpha value is -3.47. The largest absolute Gasteiger partial charge is 0.497 e. The van der Waals surface area contributed by atoms with Gasteiger partial charge in [0.1, 0.15) is 11.5 Å². The quantitative estimate of drug-likeness (QED) is 0.647. The molecule has 0 radical (unpaired) electrons. The minimum atomic E-state index is -0.299. The van der Waals surface area contributed by atoms with Crippen LogP contribution in [-0.4, -0.2) is 20.3 Å². The van der Waals surface area contributed by atoms with Gasteiger partial charge < -0.3 is 20.1 Å². The average Bonchev–Trinajstić information content (AvgIpc) is 2.77. The van der Waals surface area contributed by atoms with Crippen LogP contribution in [0.3, 0.4) is 0 Å². The van der Waals surface area contributed by atoms with E-state index in [9.17, 15) is 4.79 Å². The topological polar surface area (TPSA) is 59.6 Å². The first-order valence-corrected chi connectivity index (χ1v) is 9.06. The molecule has 0 unspecified atom stereocenters. The predicted molar refractivity (Wildman–Crippen MR) is 110 cm³/mol. The second kappa shape index (κ2) is 9.46. The Labute approximate surface area is 165 Å². The van der Waals surface area contributed by atoms with Crippen LogP contribution in [0.5, 0.6) is 11.5 Å². The summed E-state index contributed by atoms with van der Waals surface area (Å²) in [4.78, 5) is 12.5. The van der Waals surface area contributed by atoms with Crippen molar-refractivity contribution in [2.45, 2.75) is 12.6 Å². The summed E-state index contributed by atoms with van der Waals surface area (Å²) in [6, 6.07) is 24.6. The molecule has 144 valence electrons. The second-order valence-electron chi connectivity index (χ2n) is 6.29. The van der Waals surface area contributed by atoms with E-state index in [1.807, 2.05) is 78.9 Å². The minimum Gasteiger partial charge on any atom is -0.497 e. The number of methoxy groups -OCH3 is 2. The van der Waals surface area contributed by atoms with Gasteiger partial charge in [0.2, 0.25) is 0 Å². The molecule has 0 heterocycles. The Morgan fingerprint density at radius 1 is 0.786 bits per heavy atom.